The highest BCUT2D eigenvalue weighted by Gasteiger charge is 2.30. The van der Waals surface area contributed by atoms with Crippen LogP contribution in [-0.2, 0) is 21.2 Å². The third-order valence-electron chi connectivity index (χ3n) is 6.04. The number of Topliss-reactive ketones (excluding diaryl/α,β-unsaturated/α-hetero) is 1. The summed E-state index contributed by atoms with van der Waals surface area (Å²) in [5.41, 5.74) is 2.61. The van der Waals surface area contributed by atoms with E-state index in [1.807, 2.05) is 23.1 Å². The molecule has 0 bridgehead atoms. The van der Waals surface area contributed by atoms with Gasteiger partial charge in [-0.1, -0.05) is 30.3 Å². The molecule has 0 saturated carbocycles. The largest absolute Gasteiger partial charge is 0.312 e. The Balaban J connectivity index is 1.31. The lowest BCUT2D eigenvalue weighted by molar-refractivity contribution is -0.118. The summed E-state index contributed by atoms with van der Waals surface area (Å²) in [5, 5.41) is 0. The Morgan fingerprint density at radius 3 is 2.42 bits per heavy atom. The SMILES string of the molecule is CC(=O)c1cccc(S(=O)(=O)N2CCN(CCC(=O)N3CCc4ccccc43)CC2)c1. The standard InChI is InChI=1S/C23H27N3O4S/c1-18(27)20-6-4-7-21(17-20)31(29,30)25-15-13-24(14-16-25)11-10-23(28)26-12-9-19-5-2-3-8-22(19)26/h2-8,17H,9-16H2,1H3. The van der Waals surface area contributed by atoms with Gasteiger partial charge in [0.05, 0.1) is 4.90 Å². The second-order valence-electron chi connectivity index (χ2n) is 8.00. The molecule has 164 valence electrons. The molecule has 1 amide bonds. The van der Waals surface area contributed by atoms with Gasteiger partial charge in [0.2, 0.25) is 15.9 Å². The van der Waals surface area contributed by atoms with Crippen molar-refractivity contribution < 1.29 is 18.0 Å². The average molecular weight is 442 g/mol. The zero-order valence-corrected chi connectivity index (χ0v) is 18.5. The van der Waals surface area contributed by atoms with Crippen molar-refractivity contribution in [3.8, 4) is 0 Å². The fraction of sp³-hybridized carbons (Fsp3) is 0.391. The van der Waals surface area contributed by atoms with Gasteiger partial charge >= 0.3 is 0 Å². The normalized spacial score (nSPS) is 17.5. The topological polar surface area (TPSA) is 78.0 Å². The lowest BCUT2D eigenvalue weighted by Crippen LogP contribution is -2.49. The van der Waals surface area contributed by atoms with Crippen LogP contribution in [0.1, 0.15) is 29.3 Å². The van der Waals surface area contributed by atoms with Gasteiger partial charge in [0.15, 0.2) is 5.78 Å². The predicted molar refractivity (Wildman–Crippen MR) is 119 cm³/mol. The van der Waals surface area contributed by atoms with E-state index in [2.05, 4.69) is 11.0 Å². The van der Waals surface area contributed by atoms with Crippen molar-refractivity contribution >= 4 is 27.4 Å². The molecular weight excluding hydrogens is 414 g/mol. The summed E-state index contributed by atoms with van der Waals surface area (Å²) in [6, 6.07) is 14.2. The van der Waals surface area contributed by atoms with Gasteiger partial charge in [-0.3, -0.25) is 9.59 Å². The van der Waals surface area contributed by atoms with Crippen molar-refractivity contribution in [2.45, 2.75) is 24.7 Å². The number of hydrogen-bond acceptors (Lipinski definition) is 5. The molecule has 2 heterocycles. The summed E-state index contributed by atoms with van der Waals surface area (Å²) >= 11 is 0. The average Bonchev–Trinajstić information content (AvgIpc) is 3.22. The van der Waals surface area contributed by atoms with E-state index in [9.17, 15) is 18.0 Å². The van der Waals surface area contributed by atoms with Crippen molar-refractivity contribution in [2.24, 2.45) is 0 Å². The maximum atomic E-state index is 13.0. The molecule has 0 unspecified atom stereocenters. The van der Waals surface area contributed by atoms with Crippen LogP contribution in [0.2, 0.25) is 0 Å². The van der Waals surface area contributed by atoms with Crippen LogP contribution in [0.4, 0.5) is 5.69 Å². The van der Waals surface area contributed by atoms with E-state index in [-0.39, 0.29) is 16.6 Å². The van der Waals surface area contributed by atoms with Crippen LogP contribution in [0, 0.1) is 0 Å². The quantitative estimate of drug-likeness (QED) is 0.642. The highest BCUT2D eigenvalue weighted by molar-refractivity contribution is 7.89. The highest BCUT2D eigenvalue weighted by Crippen LogP contribution is 2.28. The van der Waals surface area contributed by atoms with Crippen molar-refractivity contribution in [1.29, 1.82) is 0 Å². The number of sulfonamides is 1. The van der Waals surface area contributed by atoms with Crippen LogP contribution in [0.3, 0.4) is 0 Å². The molecule has 2 aliphatic heterocycles. The Hall–Kier alpha value is -2.55. The first-order chi connectivity index (χ1) is 14.9. The molecule has 1 fully saturated rings. The number of para-hydroxylation sites is 1. The first-order valence-electron chi connectivity index (χ1n) is 10.6. The number of piperazine rings is 1. The van der Waals surface area contributed by atoms with E-state index in [1.165, 1.54) is 28.9 Å². The first-order valence-corrected chi connectivity index (χ1v) is 12.0. The molecule has 0 spiro atoms. The number of anilines is 1. The maximum absolute atomic E-state index is 13.0. The molecule has 7 nitrogen and oxygen atoms in total. The minimum Gasteiger partial charge on any atom is -0.312 e. The zero-order valence-electron chi connectivity index (χ0n) is 17.7. The van der Waals surface area contributed by atoms with Crippen LogP contribution in [0.25, 0.3) is 0 Å². The molecule has 2 aromatic rings. The van der Waals surface area contributed by atoms with E-state index in [4.69, 9.17) is 0 Å². The van der Waals surface area contributed by atoms with Gasteiger partial charge in [0.25, 0.3) is 0 Å². The van der Waals surface area contributed by atoms with Gasteiger partial charge in [0.1, 0.15) is 0 Å². The molecular formula is C23H27N3O4S. The minimum absolute atomic E-state index is 0.112. The Bertz CT molecular complexity index is 1090. The number of carbonyl (C=O) groups excluding carboxylic acids is 2. The van der Waals surface area contributed by atoms with E-state index in [1.54, 1.807) is 12.1 Å². The molecule has 4 rings (SSSR count). The number of amides is 1. The van der Waals surface area contributed by atoms with E-state index >= 15 is 0 Å². The number of benzene rings is 2. The fourth-order valence-electron chi connectivity index (χ4n) is 4.20. The second kappa shape index (κ2) is 8.90. The van der Waals surface area contributed by atoms with Gasteiger partial charge in [-0.05, 0) is 37.1 Å². The third kappa shape index (κ3) is 4.56. The molecule has 1 saturated heterocycles. The van der Waals surface area contributed by atoms with Gasteiger partial charge in [0, 0.05) is 56.9 Å². The summed E-state index contributed by atoms with van der Waals surface area (Å²) in [6.45, 7) is 4.66. The van der Waals surface area contributed by atoms with Crippen LogP contribution < -0.4 is 4.90 Å². The van der Waals surface area contributed by atoms with Gasteiger partial charge in [-0.15, -0.1) is 0 Å². The molecule has 2 aliphatic rings. The number of hydrogen-bond donors (Lipinski definition) is 0. The Morgan fingerprint density at radius 1 is 0.935 bits per heavy atom. The summed E-state index contributed by atoms with van der Waals surface area (Å²) < 4.78 is 27.4. The number of rotatable bonds is 6. The van der Waals surface area contributed by atoms with Crippen molar-refractivity contribution in [2.75, 3.05) is 44.2 Å². The Morgan fingerprint density at radius 2 is 1.68 bits per heavy atom. The van der Waals surface area contributed by atoms with Crippen molar-refractivity contribution in [3.05, 3.63) is 59.7 Å². The Kier molecular flexibility index (Phi) is 6.22. The lowest BCUT2D eigenvalue weighted by atomic mass is 10.2. The Labute approximate surface area is 183 Å². The number of ketones is 1. The molecule has 0 aromatic heterocycles. The second-order valence-corrected chi connectivity index (χ2v) is 9.94. The number of carbonyl (C=O) groups is 2. The van der Waals surface area contributed by atoms with Crippen LogP contribution in [0.5, 0.6) is 0 Å². The predicted octanol–water partition coefficient (Wildman–Crippen LogP) is 2.17. The zero-order chi connectivity index (χ0) is 22.0. The van der Waals surface area contributed by atoms with Crippen LogP contribution >= 0.6 is 0 Å². The van der Waals surface area contributed by atoms with Crippen molar-refractivity contribution in [3.63, 3.8) is 0 Å². The van der Waals surface area contributed by atoms with E-state index in [0.29, 0.717) is 44.7 Å². The number of fused-ring (bicyclic) bond motifs is 1. The third-order valence-corrected chi connectivity index (χ3v) is 7.93. The monoisotopic (exact) mass is 441 g/mol. The smallest absolute Gasteiger partial charge is 0.243 e. The summed E-state index contributed by atoms with van der Waals surface area (Å²) in [4.78, 5) is 28.4. The lowest BCUT2D eigenvalue weighted by Gasteiger charge is -2.34. The minimum atomic E-state index is -3.64. The molecule has 0 N–H and O–H groups in total. The summed E-state index contributed by atoms with van der Waals surface area (Å²) in [5.74, 6) is -0.0480. The molecule has 0 atom stereocenters. The maximum Gasteiger partial charge on any atom is 0.243 e. The molecule has 0 aliphatic carbocycles. The van der Waals surface area contributed by atoms with Crippen LogP contribution in [-0.4, -0.2) is 68.6 Å². The van der Waals surface area contributed by atoms with Gasteiger partial charge < -0.3 is 9.80 Å². The number of nitrogens with zero attached hydrogens (tertiary/aromatic N) is 3. The van der Waals surface area contributed by atoms with E-state index in [0.717, 1.165) is 18.7 Å². The molecule has 31 heavy (non-hydrogen) atoms. The molecule has 8 heteroatoms. The molecule has 2 aromatic carbocycles. The van der Waals surface area contributed by atoms with Crippen molar-refractivity contribution in [1.82, 2.24) is 9.21 Å². The highest BCUT2D eigenvalue weighted by atomic mass is 32.2. The van der Waals surface area contributed by atoms with Crippen LogP contribution in [0.15, 0.2) is 53.4 Å². The molecule has 0 radical (unpaired) electrons. The summed E-state index contributed by atoms with van der Waals surface area (Å²) in [6.07, 6.45) is 1.31. The summed E-state index contributed by atoms with van der Waals surface area (Å²) in [7, 11) is -3.64. The van der Waals surface area contributed by atoms with E-state index < -0.39 is 10.0 Å². The fourth-order valence-corrected chi connectivity index (χ4v) is 5.67. The van der Waals surface area contributed by atoms with Gasteiger partial charge in [-0.25, -0.2) is 8.42 Å². The first kappa shape index (κ1) is 21.7. The van der Waals surface area contributed by atoms with Gasteiger partial charge in [-0.2, -0.15) is 4.31 Å².